The number of halogens is 2. The van der Waals surface area contributed by atoms with Crippen molar-refractivity contribution in [1.29, 1.82) is 0 Å². The fourth-order valence-electron chi connectivity index (χ4n) is 0.942. The lowest BCUT2D eigenvalue weighted by Gasteiger charge is -2.05. The third-order valence-electron chi connectivity index (χ3n) is 1.54. The Morgan fingerprint density at radius 1 is 1.46 bits per heavy atom. The van der Waals surface area contributed by atoms with Gasteiger partial charge in [0.2, 0.25) is 0 Å². The van der Waals surface area contributed by atoms with Crippen LogP contribution in [0.5, 0.6) is 0 Å². The van der Waals surface area contributed by atoms with Gasteiger partial charge in [0.05, 0.1) is 5.56 Å². The first-order valence-electron chi connectivity index (χ1n) is 3.58. The van der Waals surface area contributed by atoms with Crippen molar-refractivity contribution in [2.75, 3.05) is 7.05 Å². The summed E-state index contributed by atoms with van der Waals surface area (Å²) in [7, 11) is 1.43. The van der Waals surface area contributed by atoms with Crippen LogP contribution in [0.1, 0.15) is 5.56 Å². The molecule has 0 aliphatic heterocycles. The van der Waals surface area contributed by atoms with E-state index in [4.69, 9.17) is 5.84 Å². The molecule has 0 saturated heterocycles. The fourth-order valence-corrected chi connectivity index (χ4v) is 0.942. The molecule has 0 atom stereocenters. The molecule has 0 amide bonds. The van der Waals surface area contributed by atoms with E-state index < -0.39 is 11.6 Å². The van der Waals surface area contributed by atoms with E-state index in [9.17, 15) is 8.78 Å². The van der Waals surface area contributed by atoms with Crippen LogP contribution in [0.3, 0.4) is 0 Å². The van der Waals surface area contributed by atoms with Crippen LogP contribution in [0.2, 0.25) is 0 Å². The molecule has 0 spiro atoms. The highest BCUT2D eigenvalue weighted by Crippen LogP contribution is 2.09. The number of hydrogen-bond donors (Lipinski definition) is 2. The van der Waals surface area contributed by atoms with Gasteiger partial charge < -0.3 is 5.43 Å². The smallest absolute Gasteiger partial charge is 0.145 e. The maximum atomic E-state index is 13.1. The van der Waals surface area contributed by atoms with Gasteiger partial charge in [0.15, 0.2) is 0 Å². The first-order valence-corrected chi connectivity index (χ1v) is 3.58. The predicted octanol–water partition coefficient (Wildman–Crippen LogP) is 0.805. The summed E-state index contributed by atoms with van der Waals surface area (Å²) in [6.07, 6.45) is 0. The quantitative estimate of drug-likeness (QED) is 0.294. The molecule has 0 saturated carbocycles. The van der Waals surface area contributed by atoms with Gasteiger partial charge in [-0.1, -0.05) is 0 Å². The van der Waals surface area contributed by atoms with E-state index >= 15 is 0 Å². The number of hydrogen-bond acceptors (Lipinski definition) is 2. The van der Waals surface area contributed by atoms with Crippen LogP contribution in [0.4, 0.5) is 8.78 Å². The molecule has 3 nitrogen and oxygen atoms in total. The minimum absolute atomic E-state index is 0.0185. The van der Waals surface area contributed by atoms with Crippen molar-refractivity contribution in [3.05, 3.63) is 35.4 Å². The number of hydrazine groups is 1. The minimum Gasteiger partial charge on any atom is -0.308 e. The highest BCUT2D eigenvalue weighted by atomic mass is 19.1. The highest BCUT2D eigenvalue weighted by molar-refractivity contribution is 5.98. The molecular formula is C8H9F2N3. The van der Waals surface area contributed by atoms with Crippen molar-refractivity contribution >= 4 is 5.84 Å². The first kappa shape index (κ1) is 9.60. The summed E-state index contributed by atoms with van der Waals surface area (Å²) in [6.45, 7) is 0. The molecule has 13 heavy (non-hydrogen) atoms. The highest BCUT2D eigenvalue weighted by Gasteiger charge is 2.08. The molecule has 70 valence electrons. The first-order chi connectivity index (χ1) is 6.19. The molecule has 1 rings (SSSR count). The van der Waals surface area contributed by atoms with Gasteiger partial charge in [0, 0.05) is 7.05 Å². The minimum atomic E-state index is -0.569. The lowest BCUT2D eigenvalue weighted by molar-refractivity contribution is 0.597. The van der Waals surface area contributed by atoms with E-state index in [1.54, 1.807) is 0 Å². The average Bonchev–Trinajstić information content (AvgIpc) is 2.13. The molecule has 0 aliphatic carbocycles. The summed E-state index contributed by atoms with van der Waals surface area (Å²) in [5.41, 5.74) is 2.20. The normalized spacial score (nSPS) is 11.5. The lowest BCUT2D eigenvalue weighted by Crippen LogP contribution is -2.31. The Bertz CT molecular complexity index is 336. The molecular weight excluding hydrogens is 176 g/mol. The molecule has 0 unspecified atom stereocenters. The van der Waals surface area contributed by atoms with Crippen molar-refractivity contribution in [1.82, 2.24) is 5.43 Å². The zero-order valence-corrected chi connectivity index (χ0v) is 7.01. The SMILES string of the molecule is CN=C(NN)c1cc(F)ccc1F. The van der Waals surface area contributed by atoms with E-state index in [-0.39, 0.29) is 11.4 Å². The Hall–Kier alpha value is -1.49. The Kier molecular flexibility index (Phi) is 2.92. The van der Waals surface area contributed by atoms with Gasteiger partial charge in [-0.3, -0.25) is 4.99 Å². The van der Waals surface area contributed by atoms with Gasteiger partial charge in [-0.05, 0) is 18.2 Å². The number of nitrogens with one attached hydrogen (secondary N) is 1. The van der Waals surface area contributed by atoms with Crippen LogP contribution in [0.15, 0.2) is 23.2 Å². The van der Waals surface area contributed by atoms with Gasteiger partial charge in [0.1, 0.15) is 17.5 Å². The zero-order chi connectivity index (χ0) is 9.84. The van der Waals surface area contributed by atoms with E-state index in [2.05, 4.69) is 10.4 Å². The van der Waals surface area contributed by atoms with Crippen LogP contribution in [-0.2, 0) is 0 Å². The molecule has 0 fully saturated rings. The summed E-state index contributed by atoms with van der Waals surface area (Å²) in [4.78, 5) is 3.65. The van der Waals surface area contributed by atoms with Gasteiger partial charge in [-0.25, -0.2) is 14.6 Å². The number of aliphatic imine (C=N–C) groups is 1. The van der Waals surface area contributed by atoms with Crippen LogP contribution in [0.25, 0.3) is 0 Å². The number of rotatable bonds is 1. The Labute approximate surface area is 74.2 Å². The Morgan fingerprint density at radius 2 is 2.15 bits per heavy atom. The molecule has 0 aliphatic rings. The van der Waals surface area contributed by atoms with E-state index in [0.717, 1.165) is 18.2 Å². The maximum Gasteiger partial charge on any atom is 0.145 e. The zero-order valence-electron chi connectivity index (χ0n) is 7.01. The van der Waals surface area contributed by atoms with Crippen molar-refractivity contribution in [3.63, 3.8) is 0 Å². The number of nitrogens with zero attached hydrogens (tertiary/aromatic N) is 1. The van der Waals surface area contributed by atoms with E-state index in [0.29, 0.717) is 0 Å². The summed E-state index contributed by atoms with van der Waals surface area (Å²) in [6, 6.07) is 3.08. The van der Waals surface area contributed by atoms with Crippen LogP contribution < -0.4 is 11.3 Å². The molecule has 3 N–H and O–H groups in total. The van der Waals surface area contributed by atoms with Gasteiger partial charge in [-0.2, -0.15) is 0 Å². The number of amidine groups is 1. The number of benzene rings is 1. The molecule has 0 bridgehead atoms. The summed E-state index contributed by atoms with van der Waals surface area (Å²) >= 11 is 0. The topological polar surface area (TPSA) is 50.4 Å². The molecule has 1 aromatic rings. The van der Waals surface area contributed by atoms with Crippen molar-refractivity contribution in [2.24, 2.45) is 10.8 Å². The second-order valence-corrected chi connectivity index (χ2v) is 2.34. The van der Waals surface area contributed by atoms with E-state index in [1.807, 2.05) is 0 Å². The van der Waals surface area contributed by atoms with E-state index in [1.165, 1.54) is 7.05 Å². The van der Waals surface area contributed by atoms with Crippen molar-refractivity contribution < 1.29 is 8.78 Å². The van der Waals surface area contributed by atoms with Gasteiger partial charge in [-0.15, -0.1) is 0 Å². The Morgan fingerprint density at radius 3 is 2.69 bits per heavy atom. The van der Waals surface area contributed by atoms with Gasteiger partial charge >= 0.3 is 0 Å². The van der Waals surface area contributed by atoms with Gasteiger partial charge in [0.25, 0.3) is 0 Å². The largest absolute Gasteiger partial charge is 0.308 e. The van der Waals surface area contributed by atoms with Crippen molar-refractivity contribution in [2.45, 2.75) is 0 Å². The third kappa shape index (κ3) is 2.00. The van der Waals surface area contributed by atoms with Crippen LogP contribution in [-0.4, -0.2) is 12.9 Å². The van der Waals surface area contributed by atoms with Crippen LogP contribution >= 0.6 is 0 Å². The Balaban J connectivity index is 3.19. The summed E-state index contributed by atoms with van der Waals surface area (Å²) in [5.74, 6) is 4.07. The second-order valence-electron chi connectivity index (χ2n) is 2.34. The molecule has 1 aromatic carbocycles. The second kappa shape index (κ2) is 3.95. The molecule has 0 heterocycles. The third-order valence-corrected chi connectivity index (χ3v) is 1.54. The molecule has 5 heteroatoms. The van der Waals surface area contributed by atoms with Crippen molar-refractivity contribution in [3.8, 4) is 0 Å². The standard InChI is InChI=1S/C8H9F2N3/c1-12-8(13-11)6-4-5(9)2-3-7(6)10/h2-4H,11H2,1H3,(H,12,13). The summed E-state index contributed by atoms with van der Waals surface area (Å²) in [5, 5.41) is 0. The lowest BCUT2D eigenvalue weighted by atomic mass is 10.2. The number of nitrogens with two attached hydrogens (primary N) is 1. The fraction of sp³-hybridized carbons (Fsp3) is 0.125. The summed E-state index contributed by atoms with van der Waals surface area (Å²) < 4.78 is 25.7. The monoisotopic (exact) mass is 185 g/mol. The maximum absolute atomic E-state index is 13.1. The predicted molar refractivity (Wildman–Crippen MR) is 46.1 cm³/mol. The molecule has 0 radical (unpaired) electrons. The molecule has 0 aromatic heterocycles. The average molecular weight is 185 g/mol. The van der Waals surface area contributed by atoms with Crippen LogP contribution in [0, 0.1) is 11.6 Å².